The van der Waals surface area contributed by atoms with Crippen LogP contribution in [0.3, 0.4) is 0 Å². The van der Waals surface area contributed by atoms with Crippen LogP contribution in [-0.2, 0) is 4.79 Å². The number of carbonyl (C=O) groups is 1. The van der Waals surface area contributed by atoms with E-state index in [0.29, 0.717) is 5.17 Å². The van der Waals surface area contributed by atoms with Crippen LogP contribution in [0.15, 0.2) is 29.3 Å². The Morgan fingerprint density at radius 3 is 2.45 bits per heavy atom. The minimum atomic E-state index is -0.940. The van der Waals surface area contributed by atoms with Crippen molar-refractivity contribution in [2.45, 2.75) is 37.7 Å². The molecule has 20 heavy (non-hydrogen) atoms. The highest BCUT2D eigenvalue weighted by molar-refractivity contribution is 8.16. The van der Waals surface area contributed by atoms with E-state index < -0.39 is 10.9 Å². The lowest BCUT2D eigenvalue weighted by Gasteiger charge is -2.23. The average Bonchev–Trinajstić information content (AvgIpc) is 2.66. The SMILES string of the molecule is C[C@H](NC1=NC(=O)[C@](C)([C@@H](C)O)S1)c1ccc(F)cc1. The molecule has 3 atom stereocenters. The molecule has 1 aliphatic heterocycles. The van der Waals surface area contributed by atoms with E-state index in [2.05, 4.69) is 10.3 Å². The van der Waals surface area contributed by atoms with Crippen LogP contribution in [-0.4, -0.2) is 27.0 Å². The van der Waals surface area contributed by atoms with Crippen molar-refractivity contribution in [1.82, 2.24) is 5.32 Å². The summed E-state index contributed by atoms with van der Waals surface area (Å²) in [6.45, 7) is 5.15. The van der Waals surface area contributed by atoms with E-state index in [1.165, 1.54) is 23.9 Å². The third-order valence-corrected chi connectivity index (χ3v) is 4.79. The first-order valence-electron chi connectivity index (χ1n) is 6.35. The Kier molecular flexibility index (Phi) is 4.15. The summed E-state index contributed by atoms with van der Waals surface area (Å²) < 4.78 is 11.9. The maximum absolute atomic E-state index is 12.9. The molecule has 0 spiro atoms. The standard InChI is InChI=1S/C14H17FN2O2S/c1-8(10-4-6-11(15)7-5-10)16-13-17-12(19)14(3,20-13)9(2)18/h4-9,18H,1-3H3,(H,16,17,19)/t8-,9+,14-/m0/s1. The number of amides is 1. The number of nitrogens with one attached hydrogen (secondary N) is 1. The van der Waals surface area contributed by atoms with Crippen molar-refractivity contribution in [1.29, 1.82) is 0 Å². The molecule has 0 saturated heterocycles. The van der Waals surface area contributed by atoms with E-state index in [0.717, 1.165) is 5.56 Å². The number of nitrogens with zero attached hydrogens (tertiary/aromatic N) is 1. The zero-order chi connectivity index (χ0) is 14.9. The Hall–Kier alpha value is -1.40. The molecule has 1 aromatic rings. The Morgan fingerprint density at radius 2 is 1.95 bits per heavy atom. The summed E-state index contributed by atoms with van der Waals surface area (Å²) in [7, 11) is 0. The van der Waals surface area contributed by atoms with Gasteiger partial charge in [0.25, 0.3) is 5.91 Å². The number of carbonyl (C=O) groups excluding carboxylic acids is 1. The number of aliphatic hydroxyl groups is 1. The van der Waals surface area contributed by atoms with E-state index in [1.807, 2.05) is 6.92 Å². The topological polar surface area (TPSA) is 61.7 Å². The van der Waals surface area contributed by atoms with Gasteiger partial charge < -0.3 is 10.4 Å². The van der Waals surface area contributed by atoms with Crippen LogP contribution in [0.1, 0.15) is 32.4 Å². The highest BCUT2D eigenvalue weighted by Gasteiger charge is 2.45. The summed E-state index contributed by atoms with van der Waals surface area (Å²) in [6.07, 6.45) is -0.788. The zero-order valence-electron chi connectivity index (χ0n) is 11.6. The highest BCUT2D eigenvalue weighted by atomic mass is 32.2. The summed E-state index contributed by atoms with van der Waals surface area (Å²) in [4.78, 5) is 15.8. The molecule has 0 radical (unpaired) electrons. The highest BCUT2D eigenvalue weighted by Crippen LogP contribution is 2.36. The predicted octanol–water partition coefficient (Wildman–Crippen LogP) is 2.25. The fraction of sp³-hybridized carbons (Fsp3) is 0.429. The first-order valence-corrected chi connectivity index (χ1v) is 7.17. The van der Waals surface area contributed by atoms with Crippen LogP contribution in [0.4, 0.5) is 4.39 Å². The Bertz CT molecular complexity index is 545. The maximum atomic E-state index is 12.9. The van der Waals surface area contributed by atoms with Crippen molar-refractivity contribution in [2.75, 3.05) is 0 Å². The number of rotatable bonds is 3. The fourth-order valence-corrected chi connectivity index (χ4v) is 2.89. The lowest BCUT2D eigenvalue weighted by molar-refractivity contribution is -0.121. The molecular formula is C14H17FN2O2S. The van der Waals surface area contributed by atoms with E-state index in [1.54, 1.807) is 26.0 Å². The van der Waals surface area contributed by atoms with Gasteiger partial charge in [0.15, 0.2) is 5.17 Å². The summed E-state index contributed by atoms with van der Waals surface area (Å²) >= 11 is 1.22. The lowest BCUT2D eigenvalue weighted by Crippen LogP contribution is -2.39. The molecule has 4 nitrogen and oxygen atoms in total. The van der Waals surface area contributed by atoms with Gasteiger partial charge >= 0.3 is 0 Å². The van der Waals surface area contributed by atoms with Gasteiger partial charge in [0, 0.05) is 0 Å². The van der Waals surface area contributed by atoms with Gasteiger partial charge in [-0.25, -0.2) is 4.39 Å². The third-order valence-electron chi connectivity index (χ3n) is 3.44. The molecule has 0 saturated carbocycles. The van der Waals surface area contributed by atoms with Crippen molar-refractivity contribution < 1.29 is 14.3 Å². The summed E-state index contributed by atoms with van der Waals surface area (Å²) in [6, 6.07) is 6.04. The minimum Gasteiger partial charge on any atom is -0.391 e. The summed E-state index contributed by atoms with van der Waals surface area (Å²) in [5.41, 5.74) is 0.896. The smallest absolute Gasteiger partial charge is 0.267 e. The summed E-state index contributed by atoms with van der Waals surface area (Å²) in [5, 5.41) is 13.3. The van der Waals surface area contributed by atoms with Crippen LogP contribution in [0.5, 0.6) is 0 Å². The van der Waals surface area contributed by atoms with Crippen LogP contribution in [0, 0.1) is 5.82 Å². The number of hydrogen-bond donors (Lipinski definition) is 2. The molecule has 0 aromatic heterocycles. The second-order valence-corrected chi connectivity index (χ2v) is 6.46. The summed E-state index contributed by atoms with van der Waals surface area (Å²) in [5.74, 6) is -0.628. The fourth-order valence-electron chi connectivity index (χ4n) is 1.82. The molecule has 0 bridgehead atoms. The van der Waals surface area contributed by atoms with Crippen molar-refractivity contribution in [2.24, 2.45) is 4.99 Å². The number of hydrogen-bond acceptors (Lipinski definition) is 4. The molecule has 108 valence electrons. The number of aliphatic imine (C=N–C) groups is 1. The van der Waals surface area contributed by atoms with Gasteiger partial charge in [0.1, 0.15) is 10.6 Å². The number of thioether (sulfide) groups is 1. The third kappa shape index (κ3) is 2.86. The molecule has 1 heterocycles. The molecule has 1 aromatic carbocycles. The molecule has 0 aliphatic carbocycles. The van der Waals surface area contributed by atoms with Crippen LogP contribution in [0.2, 0.25) is 0 Å². The molecule has 6 heteroatoms. The van der Waals surface area contributed by atoms with Gasteiger partial charge in [-0.2, -0.15) is 4.99 Å². The normalized spacial score (nSPS) is 25.2. The first-order chi connectivity index (χ1) is 9.33. The molecule has 1 amide bonds. The van der Waals surface area contributed by atoms with Gasteiger partial charge in [-0.1, -0.05) is 23.9 Å². The minimum absolute atomic E-state index is 0.106. The van der Waals surface area contributed by atoms with E-state index in [4.69, 9.17) is 0 Å². The second kappa shape index (κ2) is 5.54. The quantitative estimate of drug-likeness (QED) is 0.898. The van der Waals surface area contributed by atoms with Crippen LogP contribution < -0.4 is 5.32 Å². The molecule has 2 rings (SSSR count). The van der Waals surface area contributed by atoms with Crippen molar-refractivity contribution in [3.63, 3.8) is 0 Å². The van der Waals surface area contributed by atoms with Crippen molar-refractivity contribution >= 4 is 22.8 Å². The molecule has 2 N–H and O–H groups in total. The van der Waals surface area contributed by atoms with Crippen molar-refractivity contribution in [3.05, 3.63) is 35.6 Å². The number of benzene rings is 1. The van der Waals surface area contributed by atoms with Gasteiger partial charge in [-0.05, 0) is 38.5 Å². The van der Waals surface area contributed by atoms with E-state index in [9.17, 15) is 14.3 Å². The average molecular weight is 296 g/mol. The second-order valence-electron chi connectivity index (χ2n) is 5.02. The van der Waals surface area contributed by atoms with Gasteiger partial charge in [0.05, 0.1) is 12.1 Å². The van der Waals surface area contributed by atoms with Gasteiger partial charge in [-0.3, -0.25) is 4.79 Å². The number of amidine groups is 1. The monoisotopic (exact) mass is 296 g/mol. The Labute approximate surface area is 121 Å². The molecule has 1 aliphatic rings. The lowest BCUT2D eigenvalue weighted by atomic mass is 10.1. The maximum Gasteiger partial charge on any atom is 0.267 e. The van der Waals surface area contributed by atoms with Gasteiger partial charge in [-0.15, -0.1) is 0 Å². The molecule has 0 fully saturated rings. The Morgan fingerprint density at radius 1 is 1.35 bits per heavy atom. The number of aliphatic hydroxyl groups excluding tert-OH is 1. The zero-order valence-corrected chi connectivity index (χ0v) is 12.4. The Balaban J connectivity index is 2.06. The first kappa shape index (κ1) is 15.0. The molecule has 0 unspecified atom stereocenters. The van der Waals surface area contributed by atoms with Crippen molar-refractivity contribution in [3.8, 4) is 0 Å². The van der Waals surface area contributed by atoms with Crippen LogP contribution >= 0.6 is 11.8 Å². The predicted molar refractivity (Wildman–Crippen MR) is 78.1 cm³/mol. The molecular weight excluding hydrogens is 279 g/mol. The van der Waals surface area contributed by atoms with Crippen LogP contribution in [0.25, 0.3) is 0 Å². The van der Waals surface area contributed by atoms with E-state index >= 15 is 0 Å². The largest absolute Gasteiger partial charge is 0.391 e. The van der Waals surface area contributed by atoms with Gasteiger partial charge in [0.2, 0.25) is 0 Å². The number of halogens is 1. The van der Waals surface area contributed by atoms with E-state index in [-0.39, 0.29) is 17.8 Å².